The number of rotatable bonds is 4. The lowest BCUT2D eigenvalue weighted by Gasteiger charge is -2.22. The van der Waals surface area contributed by atoms with E-state index in [4.69, 9.17) is 4.98 Å². The zero-order valence-corrected chi connectivity index (χ0v) is 21.4. The molecule has 3 aromatic heterocycles. The number of carbonyl (C=O) groups excluding carboxylic acids is 1. The zero-order chi connectivity index (χ0) is 25.1. The highest BCUT2D eigenvalue weighted by Gasteiger charge is 2.41. The van der Waals surface area contributed by atoms with Gasteiger partial charge in [-0.25, -0.2) is 9.67 Å². The summed E-state index contributed by atoms with van der Waals surface area (Å²) >= 11 is 3.49. The first kappa shape index (κ1) is 23.2. The van der Waals surface area contributed by atoms with Crippen LogP contribution in [0, 0.1) is 5.41 Å². The third kappa shape index (κ3) is 3.72. The fraction of sp³-hybridized carbons (Fsp3) is 0.391. The number of benzene rings is 1. The molecule has 12 heteroatoms. The van der Waals surface area contributed by atoms with Crippen molar-refractivity contribution in [2.75, 3.05) is 12.4 Å². The van der Waals surface area contributed by atoms with Crippen LogP contribution in [0.5, 0.6) is 0 Å². The summed E-state index contributed by atoms with van der Waals surface area (Å²) in [6, 6.07) is 5.49. The zero-order valence-electron chi connectivity index (χ0n) is 19.8. The van der Waals surface area contributed by atoms with Gasteiger partial charge in [0.15, 0.2) is 5.65 Å². The first-order chi connectivity index (χ1) is 16.6. The van der Waals surface area contributed by atoms with Crippen LogP contribution in [0.2, 0.25) is 0 Å². The molecule has 1 aliphatic carbocycles. The number of fused-ring (bicyclic) bond motifs is 2. The second-order valence-corrected chi connectivity index (χ2v) is 10.0. The fourth-order valence-corrected chi connectivity index (χ4v) is 5.31. The highest BCUT2D eigenvalue weighted by Crippen LogP contribution is 2.39. The summed E-state index contributed by atoms with van der Waals surface area (Å²) in [5.41, 5.74) is 0.897. The largest absolute Gasteiger partial charge is 0.359 e. The number of anilines is 1. The molecule has 0 unspecified atom stereocenters. The maximum atomic E-state index is 12.3. The van der Waals surface area contributed by atoms with Crippen molar-refractivity contribution in [3.05, 3.63) is 49.7 Å². The number of nitrogens with one attached hydrogen (secondary N) is 2. The molecule has 4 aromatic rings. The number of carbonyl (C=O) groups is 1. The minimum absolute atomic E-state index is 0.0448. The summed E-state index contributed by atoms with van der Waals surface area (Å²) in [6.45, 7) is 1.98. The van der Waals surface area contributed by atoms with Crippen LogP contribution < -0.4 is 21.8 Å². The van der Waals surface area contributed by atoms with Gasteiger partial charge in [0, 0.05) is 38.8 Å². The van der Waals surface area contributed by atoms with E-state index in [0.29, 0.717) is 39.3 Å². The predicted molar refractivity (Wildman–Crippen MR) is 136 cm³/mol. The van der Waals surface area contributed by atoms with Gasteiger partial charge >= 0.3 is 11.1 Å². The summed E-state index contributed by atoms with van der Waals surface area (Å²) in [4.78, 5) is 45.9. The molecular weight excluding hydrogens is 516 g/mol. The molecule has 35 heavy (non-hydrogen) atoms. The summed E-state index contributed by atoms with van der Waals surface area (Å²) in [6.07, 6.45) is 4.01. The molecule has 0 aliphatic heterocycles. The van der Waals surface area contributed by atoms with E-state index in [9.17, 15) is 14.4 Å². The fourth-order valence-electron chi connectivity index (χ4n) is 4.87. The Morgan fingerprint density at radius 2 is 1.89 bits per heavy atom. The Morgan fingerprint density at radius 1 is 1.17 bits per heavy atom. The second kappa shape index (κ2) is 8.29. The molecule has 0 saturated heterocycles. The van der Waals surface area contributed by atoms with Crippen LogP contribution >= 0.6 is 15.9 Å². The predicted octanol–water partition coefficient (Wildman–Crippen LogP) is 1.85. The first-order valence-electron chi connectivity index (χ1n) is 11.2. The van der Waals surface area contributed by atoms with Crippen molar-refractivity contribution in [2.24, 2.45) is 19.5 Å². The summed E-state index contributed by atoms with van der Waals surface area (Å²) < 4.78 is 4.94. The number of halogens is 1. The maximum absolute atomic E-state index is 12.3. The molecule has 1 aromatic carbocycles. The van der Waals surface area contributed by atoms with Gasteiger partial charge in [0.1, 0.15) is 4.60 Å². The average molecular weight is 541 g/mol. The van der Waals surface area contributed by atoms with Gasteiger partial charge in [-0.2, -0.15) is 10.1 Å². The van der Waals surface area contributed by atoms with E-state index in [1.54, 1.807) is 44.2 Å². The summed E-state index contributed by atoms with van der Waals surface area (Å²) in [5, 5.41) is 11.4. The third-order valence-corrected chi connectivity index (χ3v) is 7.53. The molecule has 11 nitrogen and oxygen atoms in total. The third-order valence-electron chi connectivity index (χ3n) is 6.95. The van der Waals surface area contributed by atoms with Gasteiger partial charge in [-0.1, -0.05) is 6.92 Å². The number of hydrogen-bond donors (Lipinski definition) is 2. The van der Waals surface area contributed by atoms with Crippen LogP contribution in [-0.2, 0) is 18.9 Å². The van der Waals surface area contributed by atoms with Gasteiger partial charge in [0.25, 0.3) is 0 Å². The molecule has 1 aliphatic rings. The van der Waals surface area contributed by atoms with Crippen molar-refractivity contribution in [1.29, 1.82) is 0 Å². The lowest BCUT2D eigenvalue weighted by atomic mass is 9.87. The Balaban J connectivity index is 1.54. The Bertz CT molecular complexity index is 1620. The monoisotopic (exact) mass is 540 g/mol. The van der Waals surface area contributed by atoms with Crippen molar-refractivity contribution >= 4 is 49.9 Å². The van der Waals surface area contributed by atoms with Gasteiger partial charge in [0.05, 0.1) is 22.1 Å². The maximum Gasteiger partial charge on any atom is 0.316 e. The van der Waals surface area contributed by atoms with Crippen molar-refractivity contribution in [1.82, 2.24) is 34.2 Å². The Labute approximate surface area is 208 Å². The average Bonchev–Trinajstić information content (AvgIpc) is 3.40. The molecule has 0 radical (unpaired) electrons. The Kier molecular flexibility index (Phi) is 5.50. The Hall–Kier alpha value is -3.54. The summed E-state index contributed by atoms with van der Waals surface area (Å²) in [7, 11) is 4.81. The normalized spacial score (nSPS) is 20.0. The molecule has 2 atom stereocenters. The lowest BCUT2D eigenvalue weighted by Crippen LogP contribution is -2.39. The van der Waals surface area contributed by atoms with E-state index in [0.717, 1.165) is 18.2 Å². The molecule has 5 rings (SSSR count). The Morgan fingerprint density at radius 3 is 2.60 bits per heavy atom. The molecule has 0 spiro atoms. The lowest BCUT2D eigenvalue weighted by molar-refractivity contribution is -0.129. The van der Waals surface area contributed by atoms with E-state index in [-0.39, 0.29) is 11.9 Å². The highest BCUT2D eigenvalue weighted by atomic mass is 79.9. The van der Waals surface area contributed by atoms with Crippen LogP contribution in [0.4, 0.5) is 5.95 Å². The highest BCUT2D eigenvalue weighted by molar-refractivity contribution is 9.10. The smallest absolute Gasteiger partial charge is 0.316 e. The van der Waals surface area contributed by atoms with Crippen molar-refractivity contribution in [2.45, 2.75) is 32.2 Å². The number of amides is 1. The number of aromatic nitrogens is 6. The SMILES string of the molecule is CNC(=O)[C@]1(C)CC[C@@H](Nc2ncc3c(Br)nn(-c4ccc5c(c4)n(C)c(=O)c(=O)n5C)c3n2)C1. The first-order valence-corrected chi connectivity index (χ1v) is 12.0. The van der Waals surface area contributed by atoms with Gasteiger partial charge in [-0.3, -0.25) is 14.4 Å². The standard InChI is InChI=1S/C23H25BrN8O3/c1-23(21(35)25-2)8-7-12(10-23)27-22-26-11-14-17(24)29-32(18(14)28-22)13-5-6-15-16(9-13)31(4)20(34)19(33)30(15)3/h5-6,9,11-12H,7-8,10H2,1-4H3,(H,25,35)(H,26,27,28)/t12-,23-/m1/s1. The van der Waals surface area contributed by atoms with Crippen LogP contribution in [0.25, 0.3) is 27.8 Å². The van der Waals surface area contributed by atoms with Crippen molar-refractivity contribution in [3.8, 4) is 5.69 Å². The topological polar surface area (TPSA) is 129 Å². The van der Waals surface area contributed by atoms with Crippen LogP contribution in [0.1, 0.15) is 26.2 Å². The second-order valence-electron chi connectivity index (χ2n) is 9.26. The summed E-state index contributed by atoms with van der Waals surface area (Å²) in [5.74, 6) is 0.497. The van der Waals surface area contributed by atoms with Crippen LogP contribution in [0.3, 0.4) is 0 Å². The molecule has 0 bridgehead atoms. The van der Waals surface area contributed by atoms with Gasteiger partial charge in [0.2, 0.25) is 11.9 Å². The van der Waals surface area contributed by atoms with Gasteiger partial charge < -0.3 is 19.8 Å². The molecule has 182 valence electrons. The van der Waals surface area contributed by atoms with E-state index < -0.39 is 16.5 Å². The van der Waals surface area contributed by atoms with Gasteiger partial charge in [-0.15, -0.1) is 0 Å². The van der Waals surface area contributed by atoms with Gasteiger partial charge in [-0.05, 0) is 53.4 Å². The van der Waals surface area contributed by atoms with E-state index >= 15 is 0 Å². The molecule has 1 amide bonds. The number of hydrogen-bond acceptors (Lipinski definition) is 7. The van der Waals surface area contributed by atoms with E-state index in [1.165, 1.54) is 9.13 Å². The molecule has 1 saturated carbocycles. The number of nitrogens with zero attached hydrogens (tertiary/aromatic N) is 6. The molecule has 1 fully saturated rings. The van der Waals surface area contributed by atoms with E-state index in [2.05, 4.69) is 36.6 Å². The molecule has 2 N–H and O–H groups in total. The molecule has 3 heterocycles. The van der Waals surface area contributed by atoms with E-state index in [1.807, 2.05) is 13.0 Å². The van der Waals surface area contributed by atoms with Crippen LogP contribution in [-0.4, -0.2) is 47.9 Å². The van der Waals surface area contributed by atoms with Crippen LogP contribution in [0.15, 0.2) is 38.6 Å². The minimum Gasteiger partial charge on any atom is -0.359 e. The minimum atomic E-state index is -0.599. The molecular formula is C23H25BrN8O3. The number of aryl methyl sites for hydroxylation is 2. The quantitative estimate of drug-likeness (QED) is 0.378. The van der Waals surface area contributed by atoms with Crippen molar-refractivity contribution in [3.63, 3.8) is 0 Å². The van der Waals surface area contributed by atoms with Crippen molar-refractivity contribution < 1.29 is 4.79 Å².